The van der Waals surface area contributed by atoms with Crippen molar-refractivity contribution in [3.8, 4) is 0 Å². The number of aromatic nitrogens is 1. The summed E-state index contributed by atoms with van der Waals surface area (Å²) in [6, 6.07) is 10.4. The fourth-order valence-electron chi connectivity index (χ4n) is 3.09. The zero-order valence-corrected chi connectivity index (χ0v) is 17.6. The van der Waals surface area contributed by atoms with Crippen LogP contribution >= 0.6 is 36.2 Å². The molecule has 0 radical (unpaired) electrons. The van der Waals surface area contributed by atoms with Gasteiger partial charge in [0.1, 0.15) is 0 Å². The van der Waals surface area contributed by atoms with Gasteiger partial charge < -0.3 is 15.8 Å². The highest BCUT2D eigenvalue weighted by molar-refractivity contribution is 7.09. The molecule has 150 valence electrons. The van der Waals surface area contributed by atoms with Gasteiger partial charge >= 0.3 is 0 Å². The number of halogens is 2. The van der Waals surface area contributed by atoms with Crippen LogP contribution in [0.15, 0.2) is 35.7 Å². The fraction of sp³-hybridized carbons (Fsp3) is 0.474. The number of nitrogens with zero attached hydrogens (tertiary/aromatic N) is 1. The molecule has 3 rings (SSSR count). The average Bonchev–Trinajstić information content (AvgIpc) is 3.13. The summed E-state index contributed by atoms with van der Waals surface area (Å²) in [5, 5.41) is 6.15. The van der Waals surface area contributed by atoms with Crippen LogP contribution in [0.4, 0.5) is 0 Å². The van der Waals surface area contributed by atoms with Gasteiger partial charge in [-0.3, -0.25) is 4.79 Å². The number of amides is 1. The highest BCUT2D eigenvalue weighted by Crippen LogP contribution is 2.29. The summed E-state index contributed by atoms with van der Waals surface area (Å²) in [7, 11) is 0. The molecule has 1 aliphatic rings. The molecule has 1 aromatic carbocycles. The maximum atomic E-state index is 12.6. The molecule has 0 atom stereocenters. The van der Waals surface area contributed by atoms with Gasteiger partial charge in [0.05, 0.1) is 22.7 Å². The second-order valence-corrected chi connectivity index (χ2v) is 7.44. The molecule has 5 nitrogen and oxygen atoms in total. The molecule has 0 aliphatic carbocycles. The first-order valence-corrected chi connectivity index (χ1v) is 9.63. The Labute approximate surface area is 176 Å². The molecule has 27 heavy (non-hydrogen) atoms. The van der Waals surface area contributed by atoms with Gasteiger partial charge in [-0.05, 0) is 24.8 Å². The number of nitrogens with one attached hydrogen (secondary N) is 1. The van der Waals surface area contributed by atoms with E-state index in [1.54, 1.807) is 11.3 Å². The van der Waals surface area contributed by atoms with Gasteiger partial charge in [-0.25, -0.2) is 4.98 Å². The molecule has 1 aliphatic heterocycles. The van der Waals surface area contributed by atoms with Crippen LogP contribution in [0.5, 0.6) is 0 Å². The molecule has 1 fully saturated rings. The van der Waals surface area contributed by atoms with Crippen LogP contribution in [0, 0.1) is 5.41 Å². The number of nitrogens with two attached hydrogens (primary N) is 1. The molecule has 8 heteroatoms. The SMILES string of the molecule is Cl.Cl.NCC1(C(=O)NCc2csc(CCc3ccccc3)n2)CCOCC1. The maximum Gasteiger partial charge on any atom is 0.227 e. The molecule has 1 saturated heterocycles. The van der Waals surface area contributed by atoms with Crippen LogP contribution in [-0.4, -0.2) is 30.6 Å². The summed E-state index contributed by atoms with van der Waals surface area (Å²) < 4.78 is 5.36. The maximum absolute atomic E-state index is 12.6. The standard InChI is InChI=1S/C19H25N3O2S.2ClH/c20-14-19(8-10-24-11-9-19)18(23)21-12-16-13-25-17(22-16)7-6-15-4-2-1-3-5-15;;/h1-5,13H,6-12,14,20H2,(H,21,23);2*1H. The van der Waals surface area contributed by atoms with Crippen molar-refractivity contribution >= 4 is 42.1 Å². The van der Waals surface area contributed by atoms with Gasteiger partial charge in [-0.15, -0.1) is 36.2 Å². The van der Waals surface area contributed by atoms with Crippen molar-refractivity contribution in [2.45, 2.75) is 32.2 Å². The van der Waals surface area contributed by atoms with Gasteiger partial charge in [0.15, 0.2) is 0 Å². The number of rotatable bonds is 7. The Morgan fingerprint density at radius 3 is 2.56 bits per heavy atom. The van der Waals surface area contributed by atoms with Crippen molar-refractivity contribution in [1.82, 2.24) is 10.3 Å². The molecule has 0 saturated carbocycles. The first kappa shape index (κ1) is 23.9. The van der Waals surface area contributed by atoms with E-state index in [4.69, 9.17) is 10.5 Å². The minimum Gasteiger partial charge on any atom is -0.381 e. The second-order valence-electron chi connectivity index (χ2n) is 6.50. The highest BCUT2D eigenvalue weighted by atomic mass is 35.5. The van der Waals surface area contributed by atoms with Crippen molar-refractivity contribution < 1.29 is 9.53 Å². The summed E-state index contributed by atoms with van der Waals surface area (Å²) in [5.74, 6) is 0.0251. The number of carbonyl (C=O) groups is 1. The number of carbonyl (C=O) groups excluding carboxylic acids is 1. The lowest BCUT2D eigenvalue weighted by atomic mass is 9.79. The van der Waals surface area contributed by atoms with E-state index >= 15 is 0 Å². The van der Waals surface area contributed by atoms with Crippen LogP contribution in [0.1, 0.15) is 29.1 Å². The first-order chi connectivity index (χ1) is 12.2. The third-order valence-electron chi connectivity index (χ3n) is 4.82. The lowest BCUT2D eigenvalue weighted by Crippen LogP contribution is -2.49. The van der Waals surface area contributed by atoms with Crippen molar-refractivity contribution in [3.63, 3.8) is 0 Å². The first-order valence-electron chi connectivity index (χ1n) is 8.75. The molecule has 2 heterocycles. The number of thiazole rings is 1. The van der Waals surface area contributed by atoms with Crippen molar-refractivity contribution in [1.29, 1.82) is 0 Å². The minimum absolute atomic E-state index is 0. The highest BCUT2D eigenvalue weighted by Gasteiger charge is 2.38. The molecule has 0 bridgehead atoms. The van der Waals surface area contributed by atoms with E-state index < -0.39 is 5.41 Å². The molecule has 1 aromatic heterocycles. The smallest absolute Gasteiger partial charge is 0.227 e. The predicted octanol–water partition coefficient (Wildman–Crippen LogP) is 3.14. The van der Waals surface area contributed by atoms with Gasteiger partial charge in [-0.1, -0.05) is 30.3 Å². The molecule has 0 unspecified atom stereocenters. The average molecular weight is 432 g/mol. The summed E-state index contributed by atoms with van der Waals surface area (Å²) in [4.78, 5) is 17.2. The Morgan fingerprint density at radius 2 is 1.89 bits per heavy atom. The molecule has 2 aromatic rings. The van der Waals surface area contributed by atoms with Crippen LogP contribution in [-0.2, 0) is 28.9 Å². The van der Waals surface area contributed by atoms with E-state index in [1.807, 2.05) is 11.4 Å². The van der Waals surface area contributed by atoms with Crippen LogP contribution in [0.2, 0.25) is 0 Å². The van der Waals surface area contributed by atoms with Crippen LogP contribution in [0.3, 0.4) is 0 Å². The predicted molar refractivity (Wildman–Crippen MR) is 114 cm³/mol. The largest absolute Gasteiger partial charge is 0.381 e. The summed E-state index contributed by atoms with van der Waals surface area (Å²) in [5.41, 5.74) is 7.63. The normalized spacial score (nSPS) is 15.3. The number of ether oxygens (including phenoxy) is 1. The number of hydrogen-bond donors (Lipinski definition) is 2. The number of benzene rings is 1. The van der Waals surface area contributed by atoms with Crippen molar-refractivity contribution in [3.05, 3.63) is 52.0 Å². The molecule has 3 N–H and O–H groups in total. The Balaban J connectivity index is 0.00000182. The zero-order valence-electron chi connectivity index (χ0n) is 15.2. The lowest BCUT2D eigenvalue weighted by molar-refractivity contribution is -0.136. The van der Waals surface area contributed by atoms with E-state index in [0.717, 1.165) is 23.5 Å². The van der Waals surface area contributed by atoms with E-state index in [2.05, 4.69) is 34.6 Å². The third kappa shape index (κ3) is 6.43. The third-order valence-corrected chi connectivity index (χ3v) is 5.78. The molecule has 0 spiro atoms. The number of aryl methyl sites for hydroxylation is 2. The Morgan fingerprint density at radius 1 is 1.19 bits per heavy atom. The Bertz CT molecular complexity index is 691. The molecule has 1 amide bonds. The molecular weight excluding hydrogens is 405 g/mol. The summed E-state index contributed by atoms with van der Waals surface area (Å²) >= 11 is 1.65. The van der Waals surface area contributed by atoms with Crippen molar-refractivity contribution in [2.24, 2.45) is 11.1 Å². The van der Waals surface area contributed by atoms with E-state index in [-0.39, 0.29) is 30.7 Å². The Kier molecular flexibility index (Phi) is 10.3. The topological polar surface area (TPSA) is 77.2 Å². The second kappa shape index (κ2) is 11.6. The summed E-state index contributed by atoms with van der Waals surface area (Å²) in [6.07, 6.45) is 3.28. The quantitative estimate of drug-likeness (QED) is 0.705. The van der Waals surface area contributed by atoms with E-state index in [0.29, 0.717) is 39.1 Å². The van der Waals surface area contributed by atoms with E-state index in [1.165, 1.54) is 5.56 Å². The van der Waals surface area contributed by atoms with Crippen LogP contribution < -0.4 is 11.1 Å². The monoisotopic (exact) mass is 431 g/mol. The van der Waals surface area contributed by atoms with Gasteiger partial charge in [0.25, 0.3) is 0 Å². The molecular formula is C19H27Cl2N3O2S. The summed E-state index contributed by atoms with van der Waals surface area (Å²) in [6.45, 7) is 2.03. The van der Waals surface area contributed by atoms with Gasteiger partial charge in [0, 0.05) is 31.6 Å². The van der Waals surface area contributed by atoms with Gasteiger partial charge in [-0.2, -0.15) is 0 Å². The van der Waals surface area contributed by atoms with E-state index in [9.17, 15) is 4.79 Å². The lowest BCUT2D eigenvalue weighted by Gasteiger charge is -2.34. The van der Waals surface area contributed by atoms with Crippen molar-refractivity contribution in [2.75, 3.05) is 19.8 Å². The Hall–Kier alpha value is -1.18. The van der Waals surface area contributed by atoms with Crippen LogP contribution in [0.25, 0.3) is 0 Å². The fourth-order valence-corrected chi connectivity index (χ4v) is 3.88. The zero-order chi connectivity index (χ0) is 17.5. The minimum atomic E-state index is -0.482. The number of hydrogen-bond acceptors (Lipinski definition) is 5. The van der Waals surface area contributed by atoms with Gasteiger partial charge in [0.2, 0.25) is 5.91 Å².